The third-order valence-corrected chi connectivity index (χ3v) is 5.43. The van der Waals surface area contributed by atoms with Gasteiger partial charge in [0.1, 0.15) is 23.9 Å². The molecule has 1 aromatic carbocycles. The van der Waals surface area contributed by atoms with Crippen molar-refractivity contribution in [1.82, 2.24) is 0 Å². The maximum atomic E-state index is 9.36. The predicted molar refractivity (Wildman–Crippen MR) is 95.2 cm³/mol. The van der Waals surface area contributed by atoms with Gasteiger partial charge < -0.3 is 23.7 Å². The van der Waals surface area contributed by atoms with Crippen molar-refractivity contribution in [3.05, 3.63) is 23.3 Å². The summed E-state index contributed by atoms with van der Waals surface area (Å²) in [5, 5.41) is 9.36. The second kappa shape index (κ2) is 7.83. The van der Waals surface area contributed by atoms with Gasteiger partial charge in [-0.15, -0.1) is 0 Å². The fourth-order valence-electron chi connectivity index (χ4n) is 4.32. The predicted octanol–water partition coefficient (Wildman–Crippen LogP) is 3.58. The summed E-state index contributed by atoms with van der Waals surface area (Å²) in [6.45, 7) is 4.68. The molecule has 6 nitrogen and oxygen atoms in total. The van der Waals surface area contributed by atoms with E-state index < -0.39 is 0 Å². The number of nitriles is 1. The van der Waals surface area contributed by atoms with Crippen molar-refractivity contribution in [3.63, 3.8) is 0 Å². The van der Waals surface area contributed by atoms with E-state index in [2.05, 4.69) is 19.9 Å². The average Bonchev–Trinajstić information content (AvgIpc) is 2.63. The van der Waals surface area contributed by atoms with Crippen molar-refractivity contribution in [2.24, 2.45) is 5.92 Å². The van der Waals surface area contributed by atoms with E-state index in [1.807, 2.05) is 6.07 Å². The summed E-state index contributed by atoms with van der Waals surface area (Å²) in [7, 11) is 3.22. The van der Waals surface area contributed by atoms with E-state index in [0.29, 0.717) is 24.0 Å². The maximum absolute atomic E-state index is 9.36. The number of methoxy groups -OCH3 is 2. The molecule has 0 radical (unpaired) electrons. The third-order valence-electron chi connectivity index (χ3n) is 5.43. The van der Waals surface area contributed by atoms with Gasteiger partial charge in [0.2, 0.25) is 0 Å². The van der Waals surface area contributed by atoms with Gasteiger partial charge in [-0.25, -0.2) is 0 Å². The van der Waals surface area contributed by atoms with Crippen molar-refractivity contribution in [1.29, 1.82) is 5.26 Å². The van der Waals surface area contributed by atoms with E-state index in [4.69, 9.17) is 23.7 Å². The van der Waals surface area contributed by atoms with Gasteiger partial charge in [-0.05, 0) is 45.2 Å². The second-order valence-electron chi connectivity index (χ2n) is 7.48. The van der Waals surface area contributed by atoms with E-state index in [0.717, 1.165) is 30.6 Å². The van der Waals surface area contributed by atoms with Gasteiger partial charge in [-0.2, -0.15) is 5.26 Å². The molecule has 0 aromatic heterocycles. The van der Waals surface area contributed by atoms with Crippen LogP contribution in [0.4, 0.5) is 0 Å². The monoisotopic (exact) mass is 361 g/mol. The Hall–Kier alpha value is -1.81. The van der Waals surface area contributed by atoms with Crippen LogP contribution in [-0.2, 0) is 14.2 Å². The molecule has 1 aliphatic carbocycles. The van der Waals surface area contributed by atoms with Gasteiger partial charge in [-0.3, -0.25) is 0 Å². The van der Waals surface area contributed by atoms with Crippen LogP contribution in [0.25, 0.3) is 0 Å². The lowest BCUT2D eigenvalue weighted by Crippen LogP contribution is -2.48. The van der Waals surface area contributed by atoms with E-state index in [1.54, 1.807) is 20.3 Å². The molecule has 3 atom stereocenters. The molecule has 0 spiro atoms. The van der Waals surface area contributed by atoms with Crippen LogP contribution < -0.4 is 9.47 Å². The van der Waals surface area contributed by atoms with Gasteiger partial charge >= 0.3 is 0 Å². The highest BCUT2D eigenvalue weighted by atomic mass is 16.7. The standard InChI is InChI=1S/C20H27NO5/c1-20(2)16-6-5-14(24-11-22-3)9-15(16)19-17(25-12-23-4)7-13(10-21)8-18(19)26-20/h7-8,14-16H,5-6,9,11-12H2,1-4H3/t14-,15+,16+/m0/s1. The molecule has 1 aliphatic heterocycles. The first-order chi connectivity index (χ1) is 12.5. The van der Waals surface area contributed by atoms with Crippen LogP contribution in [0.1, 0.15) is 50.2 Å². The van der Waals surface area contributed by atoms with E-state index in [9.17, 15) is 5.26 Å². The Morgan fingerprint density at radius 1 is 1.19 bits per heavy atom. The largest absolute Gasteiger partial charge is 0.487 e. The Balaban J connectivity index is 2.00. The third kappa shape index (κ3) is 3.66. The first-order valence-corrected chi connectivity index (χ1v) is 8.99. The molecule has 1 fully saturated rings. The zero-order valence-electron chi connectivity index (χ0n) is 15.9. The highest BCUT2D eigenvalue weighted by Gasteiger charge is 2.48. The Morgan fingerprint density at radius 3 is 2.65 bits per heavy atom. The molecule has 6 heteroatoms. The first kappa shape index (κ1) is 19.0. The van der Waals surface area contributed by atoms with Gasteiger partial charge in [0, 0.05) is 31.6 Å². The number of hydrogen-bond donors (Lipinski definition) is 0. The molecule has 3 rings (SSSR count). The lowest BCUT2D eigenvalue weighted by atomic mass is 9.66. The number of fused-ring (bicyclic) bond motifs is 3. The fraction of sp³-hybridized carbons (Fsp3) is 0.650. The summed E-state index contributed by atoms with van der Waals surface area (Å²) in [6.07, 6.45) is 3.01. The van der Waals surface area contributed by atoms with Crippen LogP contribution in [0, 0.1) is 17.2 Å². The average molecular weight is 361 g/mol. The molecule has 0 saturated heterocycles. The summed E-state index contributed by atoms with van der Waals surface area (Å²) in [5.41, 5.74) is 1.24. The zero-order valence-corrected chi connectivity index (χ0v) is 15.9. The van der Waals surface area contributed by atoms with Gasteiger partial charge in [-0.1, -0.05) is 0 Å². The molecule has 0 amide bonds. The molecule has 1 aromatic rings. The molecule has 1 heterocycles. The summed E-state index contributed by atoms with van der Waals surface area (Å²) in [6, 6.07) is 5.77. The quantitative estimate of drug-likeness (QED) is 0.721. The summed E-state index contributed by atoms with van der Waals surface area (Å²) < 4.78 is 28.1. The van der Waals surface area contributed by atoms with E-state index in [-0.39, 0.29) is 24.4 Å². The van der Waals surface area contributed by atoms with E-state index >= 15 is 0 Å². The minimum absolute atomic E-state index is 0.131. The maximum Gasteiger partial charge on any atom is 0.188 e. The summed E-state index contributed by atoms with van der Waals surface area (Å²) in [5.74, 6) is 1.99. The van der Waals surface area contributed by atoms with Crippen molar-refractivity contribution >= 4 is 0 Å². The minimum Gasteiger partial charge on any atom is -0.487 e. The molecule has 142 valence electrons. The Bertz CT molecular complexity index is 682. The number of hydrogen-bond acceptors (Lipinski definition) is 6. The Kier molecular flexibility index (Phi) is 5.71. The van der Waals surface area contributed by atoms with Crippen LogP contribution in [-0.4, -0.2) is 39.5 Å². The van der Waals surface area contributed by atoms with Crippen molar-refractivity contribution in [2.75, 3.05) is 27.8 Å². The van der Waals surface area contributed by atoms with E-state index in [1.165, 1.54) is 0 Å². The second-order valence-corrected chi connectivity index (χ2v) is 7.48. The van der Waals surface area contributed by atoms with Gasteiger partial charge in [0.05, 0.1) is 17.7 Å². The molecule has 2 aliphatic rings. The highest BCUT2D eigenvalue weighted by molar-refractivity contribution is 5.55. The molecule has 0 N–H and O–H groups in total. The van der Waals surface area contributed by atoms with Crippen LogP contribution in [0.2, 0.25) is 0 Å². The zero-order chi connectivity index (χ0) is 18.7. The molecule has 26 heavy (non-hydrogen) atoms. The summed E-state index contributed by atoms with van der Waals surface area (Å²) >= 11 is 0. The summed E-state index contributed by atoms with van der Waals surface area (Å²) in [4.78, 5) is 0. The molecular formula is C20H27NO5. The van der Waals surface area contributed by atoms with Gasteiger partial charge in [0.15, 0.2) is 6.79 Å². The first-order valence-electron chi connectivity index (χ1n) is 8.99. The number of benzene rings is 1. The van der Waals surface area contributed by atoms with Crippen LogP contribution in [0.15, 0.2) is 12.1 Å². The SMILES string of the molecule is COCOc1cc(C#N)cc2c1[C@@H]1C[C@@H](OCOC)CC[C@H]1C(C)(C)O2. The molecule has 1 saturated carbocycles. The van der Waals surface area contributed by atoms with Crippen LogP contribution in [0.5, 0.6) is 11.5 Å². The molecule has 0 bridgehead atoms. The number of nitrogens with zero attached hydrogens (tertiary/aromatic N) is 1. The lowest BCUT2D eigenvalue weighted by Gasteiger charge is -2.49. The number of rotatable bonds is 6. The Morgan fingerprint density at radius 2 is 1.96 bits per heavy atom. The Labute approximate surface area is 154 Å². The molecule has 0 unspecified atom stereocenters. The van der Waals surface area contributed by atoms with Crippen molar-refractivity contribution in [2.45, 2.75) is 50.7 Å². The number of ether oxygens (including phenoxy) is 5. The van der Waals surface area contributed by atoms with Gasteiger partial charge in [0.25, 0.3) is 0 Å². The van der Waals surface area contributed by atoms with Crippen molar-refractivity contribution < 1.29 is 23.7 Å². The minimum atomic E-state index is -0.309. The topological polar surface area (TPSA) is 69.9 Å². The van der Waals surface area contributed by atoms with Crippen molar-refractivity contribution in [3.8, 4) is 17.6 Å². The smallest absolute Gasteiger partial charge is 0.188 e. The molecular weight excluding hydrogens is 334 g/mol. The fourth-order valence-corrected chi connectivity index (χ4v) is 4.32. The normalized spacial score (nSPS) is 26.2. The van der Waals surface area contributed by atoms with Crippen LogP contribution in [0.3, 0.4) is 0 Å². The lowest BCUT2D eigenvalue weighted by molar-refractivity contribution is -0.105. The van der Waals surface area contributed by atoms with Crippen LogP contribution >= 0.6 is 0 Å². The highest BCUT2D eigenvalue weighted by Crippen LogP contribution is 2.55.